The number of rotatable bonds is 9. The third-order valence-corrected chi connectivity index (χ3v) is 6.15. The fourth-order valence-electron chi connectivity index (χ4n) is 3.46. The summed E-state index contributed by atoms with van der Waals surface area (Å²) in [6.45, 7) is 8.17. The first-order valence-electron chi connectivity index (χ1n) is 10.6. The molecule has 1 amide bonds. The van der Waals surface area contributed by atoms with Crippen LogP contribution in [0.3, 0.4) is 0 Å². The zero-order chi connectivity index (χ0) is 22.4. The summed E-state index contributed by atoms with van der Waals surface area (Å²) in [5.74, 6) is 1.73. The smallest absolute Gasteiger partial charge is 0.234 e. The topological polar surface area (TPSA) is 69.0 Å². The molecule has 0 saturated carbocycles. The van der Waals surface area contributed by atoms with Gasteiger partial charge in [-0.2, -0.15) is 0 Å². The van der Waals surface area contributed by atoms with Gasteiger partial charge in [-0.25, -0.2) is 0 Å². The maximum Gasteiger partial charge on any atom is 0.234 e. The number of amides is 1. The molecule has 0 aliphatic heterocycles. The Hall–Kier alpha value is -2.80. The zero-order valence-corrected chi connectivity index (χ0v) is 19.6. The molecule has 0 radical (unpaired) electrons. The molecule has 164 valence electrons. The minimum Gasteiger partial charge on any atom is -0.483 e. The largest absolute Gasteiger partial charge is 0.483 e. The number of anilines is 1. The Balaban J connectivity index is 1.63. The third-order valence-electron chi connectivity index (χ3n) is 5.13. The van der Waals surface area contributed by atoms with Gasteiger partial charge in [0.05, 0.1) is 5.75 Å². The summed E-state index contributed by atoms with van der Waals surface area (Å²) in [7, 11) is 1.90. The molecule has 0 spiro atoms. The van der Waals surface area contributed by atoms with Gasteiger partial charge in [0, 0.05) is 12.7 Å². The lowest BCUT2D eigenvalue weighted by Gasteiger charge is -2.15. The van der Waals surface area contributed by atoms with Gasteiger partial charge >= 0.3 is 0 Å². The monoisotopic (exact) mass is 438 g/mol. The van der Waals surface area contributed by atoms with Crippen LogP contribution in [0, 0.1) is 6.92 Å². The van der Waals surface area contributed by atoms with Crippen LogP contribution in [0.25, 0.3) is 0 Å². The molecule has 2 aromatic carbocycles. The highest BCUT2D eigenvalue weighted by atomic mass is 32.2. The Morgan fingerprint density at radius 2 is 1.81 bits per heavy atom. The molecule has 0 saturated heterocycles. The fraction of sp³-hybridized carbons (Fsp3) is 0.375. The first-order valence-corrected chi connectivity index (χ1v) is 11.6. The molecule has 3 aromatic rings. The molecule has 0 bridgehead atoms. The minimum atomic E-state index is -0.258. The number of hydrogen-bond donors (Lipinski definition) is 1. The predicted molar refractivity (Wildman–Crippen MR) is 126 cm³/mol. The van der Waals surface area contributed by atoms with Crippen LogP contribution in [0.15, 0.2) is 47.6 Å². The van der Waals surface area contributed by atoms with E-state index in [1.165, 1.54) is 11.8 Å². The van der Waals surface area contributed by atoms with Crippen molar-refractivity contribution in [1.29, 1.82) is 0 Å². The van der Waals surface area contributed by atoms with E-state index in [1.54, 1.807) is 0 Å². The van der Waals surface area contributed by atoms with Crippen LogP contribution in [-0.4, -0.2) is 26.4 Å². The lowest BCUT2D eigenvalue weighted by Crippen LogP contribution is -2.17. The van der Waals surface area contributed by atoms with Gasteiger partial charge < -0.3 is 14.6 Å². The highest BCUT2D eigenvalue weighted by Gasteiger charge is 2.18. The van der Waals surface area contributed by atoms with E-state index in [1.807, 2.05) is 55.8 Å². The van der Waals surface area contributed by atoms with Gasteiger partial charge in [-0.1, -0.05) is 55.9 Å². The standard InChI is InChI=1S/C24H30N4O2S/c1-6-18-11-9-12-19(7-2)22(18)25-21(29)15-31-24-27-26-23(28(24)5)17(4)30-20-13-8-10-16(3)14-20/h8-14,17H,6-7,15H2,1-5H3,(H,25,29). The second-order valence-corrected chi connectivity index (χ2v) is 8.41. The molecule has 1 N–H and O–H groups in total. The molecule has 7 heteroatoms. The molecule has 1 atom stereocenters. The Morgan fingerprint density at radius 1 is 1.13 bits per heavy atom. The van der Waals surface area contributed by atoms with Gasteiger partial charge in [0.25, 0.3) is 0 Å². The predicted octanol–water partition coefficient (Wildman–Crippen LogP) is 5.12. The number of benzene rings is 2. The lowest BCUT2D eigenvalue weighted by atomic mass is 10.0. The van der Waals surface area contributed by atoms with E-state index < -0.39 is 0 Å². The number of hydrogen-bond acceptors (Lipinski definition) is 5. The second-order valence-electron chi connectivity index (χ2n) is 7.47. The lowest BCUT2D eigenvalue weighted by molar-refractivity contribution is -0.113. The SMILES string of the molecule is CCc1cccc(CC)c1NC(=O)CSc1nnc(C(C)Oc2cccc(C)c2)n1C. The molecule has 0 aliphatic carbocycles. The summed E-state index contributed by atoms with van der Waals surface area (Å²) in [5.41, 5.74) is 4.39. The maximum absolute atomic E-state index is 12.6. The molecule has 31 heavy (non-hydrogen) atoms. The summed E-state index contributed by atoms with van der Waals surface area (Å²) in [4.78, 5) is 12.6. The van der Waals surface area contributed by atoms with Gasteiger partial charge in [-0.05, 0) is 55.5 Å². The van der Waals surface area contributed by atoms with E-state index in [9.17, 15) is 4.79 Å². The van der Waals surface area contributed by atoms with Crippen LogP contribution in [-0.2, 0) is 24.7 Å². The van der Waals surface area contributed by atoms with Crippen LogP contribution in [0.4, 0.5) is 5.69 Å². The van der Waals surface area contributed by atoms with Crippen molar-refractivity contribution < 1.29 is 9.53 Å². The van der Waals surface area contributed by atoms with Gasteiger partial charge in [0.1, 0.15) is 5.75 Å². The van der Waals surface area contributed by atoms with Crippen LogP contribution in [0.2, 0.25) is 0 Å². The second kappa shape index (κ2) is 10.5. The Bertz CT molecular complexity index is 1030. The van der Waals surface area contributed by atoms with Crippen molar-refractivity contribution in [2.45, 2.75) is 51.8 Å². The molecule has 0 fully saturated rings. The van der Waals surface area contributed by atoms with Gasteiger partial charge in [-0.15, -0.1) is 10.2 Å². The number of para-hydroxylation sites is 1. The highest BCUT2D eigenvalue weighted by molar-refractivity contribution is 7.99. The quantitative estimate of drug-likeness (QED) is 0.470. The van der Waals surface area contributed by atoms with Crippen LogP contribution in [0.1, 0.15) is 49.4 Å². The summed E-state index contributed by atoms with van der Waals surface area (Å²) in [5, 5.41) is 12.3. The number of nitrogens with zero attached hydrogens (tertiary/aromatic N) is 3. The molecule has 1 unspecified atom stereocenters. The Morgan fingerprint density at radius 3 is 2.45 bits per heavy atom. The molecule has 0 aliphatic rings. The average molecular weight is 439 g/mol. The summed E-state index contributed by atoms with van der Waals surface area (Å²) < 4.78 is 7.90. The number of carbonyl (C=O) groups excluding carboxylic acids is 1. The van der Waals surface area contributed by atoms with E-state index >= 15 is 0 Å². The van der Waals surface area contributed by atoms with Crippen molar-refractivity contribution >= 4 is 23.4 Å². The van der Waals surface area contributed by atoms with Crippen LogP contribution >= 0.6 is 11.8 Å². The van der Waals surface area contributed by atoms with Crippen molar-refractivity contribution in [2.24, 2.45) is 7.05 Å². The maximum atomic E-state index is 12.6. The summed E-state index contributed by atoms with van der Waals surface area (Å²) in [6.07, 6.45) is 1.50. The normalized spacial score (nSPS) is 11.9. The van der Waals surface area contributed by atoms with E-state index in [0.29, 0.717) is 11.0 Å². The van der Waals surface area contributed by atoms with E-state index in [-0.39, 0.29) is 17.8 Å². The van der Waals surface area contributed by atoms with Gasteiger partial charge in [-0.3, -0.25) is 4.79 Å². The number of nitrogens with one attached hydrogen (secondary N) is 1. The summed E-state index contributed by atoms with van der Waals surface area (Å²) >= 11 is 1.37. The molecular weight excluding hydrogens is 408 g/mol. The molecule has 3 rings (SSSR count). The zero-order valence-electron chi connectivity index (χ0n) is 18.8. The molecule has 1 heterocycles. The summed E-state index contributed by atoms with van der Waals surface area (Å²) in [6, 6.07) is 14.1. The van der Waals surface area contributed by atoms with Crippen LogP contribution < -0.4 is 10.1 Å². The van der Waals surface area contributed by atoms with Gasteiger partial charge in [0.15, 0.2) is 17.1 Å². The number of ether oxygens (including phenoxy) is 1. The van der Waals surface area contributed by atoms with Crippen molar-refractivity contribution in [2.75, 3.05) is 11.1 Å². The van der Waals surface area contributed by atoms with E-state index in [2.05, 4.69) is 41.5 Å². The first-order chi connectivity index (χ1) is 14.9. The van der Waals surface area contributed by atoms with Gasteiger partial charge in [0.2, 0.25) is 5.91 Å². The van der Waals surface area contributed by atoms with Crippen LogP contribution in [0.5, 0.6) is 5.75 Å². The fourth-order valence-corrected chi connectivity index (χ4v) is 4.18. The molecule has 1 aromatic heterocycles. The number of aryl methyl sites for hydroxylation is 3. The number of aromatic nitrogens is 3. The Labute approximate surface area is 188 Å². The van der Waals surface area contributed by atoms with E-state index in [4.69, 9.17) is 4.74 Å². The number of thioether (sulfide) groups is 1. The van der Waals surface area contributed by atoms with Crippen molar-refractivity contribution in [3.05, 3.63) is 65.0 Å². The average Bonchev–Trinajstić information content (AvgIpc) is 3.12. The van der Waals surface area contributed by atoms with Crippen molar-refractivity contribution in [1.82, 2.24) is 14.8 Å². The van der Waals surface area contributed by atoms with Crippen molar-refractivity contribution in [3.8, 4) is 5.75 Å². The highest BCUT2D eigenvalue weighted by Crippen LogP contribution is 2.26. The molecule has 6 nitrogen and oxygen atoms in total. The number of carbonyl (C=O) groups is 1. The Kier molecular flexibility index (Phi) is 7.74. The third kappa shape index (κ3) is 5.67. The first kappa shape index (κ1) is 22.9. The minimum absolute atomic E-state index is 0.0470. The van der Waals surface area contributed by atoms with E-state index in [0.717, 1.165) is 41.0 Å². The van der Waals surface area contributed by atoms with Crippen molar-refractivity contribution in [3.63, 3.8) is 0 Å². The molecular formula is C24H30N4O2S.